The molecular weight excluding hydrogens is 630 g/mol. The summed E-state index contributed by atoms with van der Waals surface area (Å²) in [5.41, 5.74) is -3.80. The molecule has 1 atom stereocenters. The maximum absolute atomic E-state index is 17.1. The molecule has 4 heterocycles. The van der Waals surface area contributed by atoms with Crippen molar-refractivity contribution in [3.63, 3.8) is 0 Å². The number of halogens is 4. The van der Waals surface area contributed by atoms with Crippen LogP contribution in [0.15, 0.2) is 46.7 Å². The fourth-order valence-electron chi connectivity index (χ4n) is 6.30. The van der Waals surface area contributed by atoms with Crippen molar-refractivity contribution in [3.05, 3.63) is 82.1 Å². The van der Waals surface area contributed by atoms with Gasteiger partial charge in [0.15, 0.2) is 33.1 Å². The predicted molar refractivity (Wildman–Crippen MR) is 161 cm³/mol. The van der Waals surface area contributed by atoms with Crippen molar-refractivity contribution in [1.82, 2.24) is 19.4 Å². The van der Waals surface area contributed by atoms with E-state index in [-0.39, 0.29) is 42.8 Å². The van der Waals surface area contributed by atoms with Gasteiger partial charge >= 0.3 is 5.69 Å². The topological polar surface area (TPSA) is 126 Å². The van der Waals surface area contributed by atoms with Crippen LogP contribution in [0.4, 0.5) is 23.4 Å². The summed E-state index contributed by atoms with van der Waals surface area (Å²) in [6, 6.07) is 1.67. The fourth-order valence-corrected chi connectivity index (χ4v) is 8.13. The van der Waals surface area contributed by atoms with Crippen LogP contribution in [0.5, 0.6) is 5.75 Å². The zero-order valence-corrected chi connectivity index (χ0v) is 25.6. The Morgan fingerprint density at radius 2 is 1.80 bits per heavy atom. The van der Waals surface area contributed by atoms with Gasteiger partial charge in [0.05, 0.1) is 45.2 Å². The van der Waals surface area contributed by atoms with E-state index < -0.39 is 89.2 Å². The maximum atomic E-state index is 17.1. The molecule has 240 valence electrons. The number of carbonyl (C=O) groups is 1. The van der Waals surface area contributed by atoms with Crippen LogP contribution >= 0.6 is 0 Å². The average Bonchev–Trinajstić information content (AvgIpc) is 3.09. The van der Waals surface area contributed by atoms with Crippen LogP contribution in [0, 0.1) is 30.2 Å². The Kier molecular flexibility index (Phi) is 7.41. The molecule has 2 aromatic heterocycles. The van der Waals surface area contributed by atoms with Gasteiger partial charge in [0.2, 0.25) is 5.91 Å². The number of phenolic OH excluding ortho intramolecular Hbond substituents is 1. The molecule has 1 fully saturated rings. The Labute approximate surface area is 260 Å². The quantitative estimate of drug-likeness (QED) is 0.197. The van der Waals surface area contributed by atoms with Crippen LogP contribution in [0.25, 0.3) is 27.7 Å². The molecule has 2 aromatic carbocycles. The minimum absolute atomic E-state index is 0.0347. The van der Waals surface area contributed by atoms with Gasteiger partial charge in [0.1, 0.15) is 16.5 Å². The number of hydrogen-bond acceptors (Lipinski definition) is 8. The third-order valence-corrected chi connectivity index (χ3v) is 10.2. The number of amides is 1. The summed E-state index contributed by atoms with van der Waals surface area (Å²) in [6.07, 6.45) is 2.51. The van der Waals surface area contributed by atoms with Crippen molar-refractivity contribution >= 4 is 32.5 Å². The number of aromatic hydroxyl groups is 1. The van der Waals surface area contributed by atoms with Gasteiger partial charge in [0.25, 0.3) is 0 Å². The number of carbonyl (C=O) groups excluding carboxylic acids is 1. The molecule has 10 nitrogen and oxygen atoms in total. The summed E-state index contributed by atoms with van der Waals surface area (Å²) in [6.45, 7) is 8.36. The lowest BCUT2D eigenvalue weighted by molar-refractivity contribution is -0.126. The standard InChI is InChI=1S/C31H27F4N5O5S/c1-5-19(42)38-10-11-39-16(12-38)13-46(44,45)29-22-28(24(34)21(25(29)35)20-18(41)7-6-17(32)23(20)33)40(31(43)37-30(22)39)27-15(4)8-9-36-26(27)14(2)3/h5-9,14,16,41H,1,10-13H2,2-4H3. The minimum Gasteiger partial charge on any atom is -0.507 e. The van der Waals surface area contributed by atoms with Gasteiger partial charge in [0, 0.05) is 25.8 Å². The molecule has 4 aromatic rings. The van der Waals surface area contributed by atoms with Gasteiger partial charge in [-0.25, -0.2) is 30.8 Å². The second-order valence-corrected chi connectivity index (χ2v) is 13.5. The Morgan fingerprint density at radius 3 is 2.48 bits per heavy atom. The number of benzene rings is 2. The number of anilines is 1. The van der Waals surface area contributed by atoms with E-state index in [1.165, 1.54) is 22.1 Å². The maximum Gasteiger partial charge on any atom is 0.354 e. The van der Waals surface area contributed by atoms with Crippen LogP contribution in [-0.4, -0.2) is 70.3 Å². The van der Waals surface area contributed by atoms with Crippen LogP contribution in [0.1, 0.15) is 31.0 Å². The molecule has 2 aliphatic heterocycles. The van der Waals surface area contributed by atoms with Crippen LogP contribution < -0.4 is 10.6 Å². The first-order chi connectivity index (χ1) is 21.7. The zero-order chi connectivity index (χ0) is 33.4. The van der Waals surface area contributed by atoms with Gasteiger partial charge in [-0.3, -0.25) is 14.3 Å². The van der Waals surface area contributed by atoms with E-state index in [2.05, 4.69) is 16.5 Å². The molecule has 1 amide bonds. The summed E-state index contributed by atoms with van der Waals surface area (Å²) in [5.74, 6) is -9.93. The summed E-state index contributed by atoms with van der Waals surface area (Å²) in [5, 5.41) is 9.95. The molecule has 46 heavy (non-hydrogen) atoms. The minimum atomic E-state index is -4.79. The predicted octanol–water partition coefficient (Wildman–Crippen LogP) is 4.13. The van der Waals surface area contributed by atoms with Gasteiger partial charge in [-0.2, -0.15) is 4.98 Å². The molecule has 15 heteroatoms. The van der Waals surface area contributed by atoms with E-state index >= 15 is 13.2 Å². The average molecular weight is 658 g/mol. The number of phenols is 1. The number of hydrogen-bond donors (Lipinski definition) is 1. The highest BCUT2D eigenvalue weighted by Crippen LogP contribution is 2.46. The van der Waals surface area contributed by atoms with Gasteiger partial charge in [-0.15, -0.1) is 0 Å². The normalized spacial score (nSPS) is 17.3. The second-order valence-electron chi connectivity index (χ2n) is 11.5. The van der Waals surface area contributed by atoms with E-state index in [0.29, 0.717) is 17.7 Å². The molecule has 0 bridgehead atoms. The molecule has 2 aliphatic rings. The molecule has 1 saturated heterocycles. The second kappa shape index (κ2) is 10.9. The molecule has 0 spiro atoms. The number of aromatic nitrogens is 3. The first-order valence-corrected chi connectivity index (χ1v) is 15.9. The van der Waals surface area contributed by atoms with Crippen LogP contribution in [0.2, 0.25) is 0 Å². The zero-order valence-electron chi connectivity index (χ0n) is 24.8. The first kappa shape index (κ1) is 31.2. The largest absolute Gasteiger partial charge is 0.507 e. The third kappa shape index (κ3) is 4.55. The van der Waals surface area contributed by atoms with Crippen molar-refractivity contribution in [3.8, 4) is 22.6 Å². The number of pyridine rings is 1. The van der Waals surface area contributed by atoms with E-state index in [9.17, 15) is 27.5 Å². The number of sulfone groups is 1. The van der Waals surface area contributed by atoms with Crippen molar-refractivity contribution in [2.45, 2.75) is 37.6 Å². The van der Waals surface area contributed by atoms with E-state index in [1.807, 2.05) is 0 Å². The molecule has 0 radical (unpaired) electrons. The third-order valence-electron chi connectivity index (χ3n) is 8.36. The first-order valence-electron chi connectivity index (χ1n) is 14.2. The molecule has 1 N–H and O–H groups in total. The highest BCUT2D eigenvalue weighted by Gasteiger charge is 2.44. The SMILES string of the molecule is C=CC(=O)N1CCN2c3nc(=O)n(-c4c(C)ccnc4C(C)C)c4c(F)c(-c5c(O)ccc(F)c5F)c(F)c(c34)S(=O)(=O)CC2C1. The highest BCUT2D eigenvalue weighted by atomic mass is 32.2. The monoisotopic (exact) mass is 657 g/mol. The molecule has 0 saturated carbocycles. The Bertz CT molecular complexity index is 2170. The molecular formula is C31H27F4N5O5S. The Morgan fingerprint density at radius 1 is 1.09 bits per heavy atom. The summed E-state index contributed by atoms with van der Waals surface area (Å²) < 4.78 is 92.6. The number of fused-ring (bicyclic) bond motifs is 2. The lowest BCUT2D eigenvalue weighted by Crippen LogP contribution is -2.57. The Balaban J connectivity index is 1.85. The summed E-state index contributed by atoms with van der Waals surface area (Å²) in [4.78, 5) is 36.6. The van der Waals surface area contributed by atoms with E-state index in [1.54, 1.807) is 20.8 Å². The van der Waals surface area contributed by atoms with E-state index in [0.717, 1.165) is 10.6 Å². The van der Waals surface area contributed by atoms with Gasteiger partial charge in [-0.1, -0.05) is 20.4 Å². The van der Waals surface area contributed by atoms with Crippen molar-refractivity contribution < 1.29 is 35.9 Å². The van der Waals surface area contributed by atoms with Crippen molar-refractivity contribution in [1.29, 1.82) is 0 Å². The van der Waals surface area contributed by atoms with Crippen molar-refractivity contribution in [2.24, 2.45) is 0 Å². The summed E-state index contributed by atoms with van der Waals surface area (Å²) in [7, 11) is -4.79. The van der Waals surface area contributed by atoms with Gasteiger partial charge < -0.3 is 14.9 Å². The number of piperazine rings is 1. The van der Waals surface area contributed by atoms with Crippen LogP contribution in [-0.2, 0) is 14.6 Å². The Hall–Kier alpha value is -4.79. The van der Waals surface area contributed by atoms with E-state index in [4.69, 9.17) is 0 Å². The molecule has 0 aliphatic carbocycles. The number of nitrogens with zero attached hydrogens (tertiary/aromatic N) is 5. The highest BCUT2D eigenvalue weighted by molar-refractivity contribution is 7.91. The van der Waals surface area contributed by atoms with Crippen LogP contribution in [0.3, 0.4) is 0 Å². The summed E-state index contributed by atoms with van der Waals surface area (Å²) >= 11 is 0. The smallest absolute Gasteiger partial charge is 0.354 e. The lowest BCUT2D eigenvalue weighted by Gasteiger charge is -2.41. The van der Waals surface area contributed by atoms with Crippen molar-refractivity contribution in [2.75, 3.05) is 30.3 Å². The van der Waals surface area contributed by atoms with Gasteiger partial charge in [-0.05, 0) is 42.7 Å². The fraction of sp³-hybridized carbons (Fsp3) is 0.290. The molecule has 1 unspecified atom stereocenters. The lowest BCUT2D eigenvalue weighted by atomic mass is 9.98. The molecule has 6 rings (SSSR count). The number of aryl methyl sites for hydroxylation is 1. The number of rotatable bonds is 4.